The van der Waals surface area contributed by atoms with Crippen LogP contribution in [-0.2, 0) is 17.6 Å². The molecule has 0 aromatic heterocycles. The zero-order valence-electron chi connectivity index (χ0n) is 10.9. The van der Waals surface area contributed by atoms with Crippen molar-refractivity contribution < 1.29 is 14.7 Å². The number of carboxylic acids is 1. The minimum absolute atomic E-state index is 0.303. The third-order valence-electron chi connectivity index (χ3n) is 3.42. The highest BCUT2D eigenvalue weighted by molar-refractivity contribution is 5.82. The fourth-order valence-corrected chi connectivity index (χ4v) is 2.21. The van der Waals surface area contributed by atoms with Crippen LogP contribution in [0.1, 0.15) is 18.1 Å². The van der Waals surface area contributed by atoms with E-state index in [1.807, 2.05) is 12.1 Å². The predicted molar refractivity (Wildman–Crippen MR) is 71.1 cm³/mol. The summed E-state index contributed by atoms with van der Waals surface area (Å²) in [4.78, 5) is 24.4. The monoisotopic (exact) mass is 262 g/mol. The van der Waals surface area contributed by atoms with Crippen LogP contribution in [0.25, 0.3) is 0 Å². The molecule has 5 heteroatoms. The lowest BCUT2D eigenvalue weighted by molar-refractivity contribution is -0.138. The van der Waals surface area contributed by atoms with Gasteiger partial charge in [-0.15, -0.1) is 0 Å². The van der Waals surface area contributed by atoms with Gasteiger partial charge in [0.1, 0.15) is 6.04 Å². The zero-order valence-corrected chi connectivity index (χ0v) is 10.9. The molecule has 0 aliphatic carbocycles. The second kappa shape index (κ2) is 5.73. The first-order chi connectivity index (χ1) is 9.08. The van der Waals surface area contributed by atoms with Crippen molar-refractivity contribution in [2.24, 2.45) is 0 Å². The molecule has 1 aliphatic rings. The Labute approximate surface area is 112 Å². The SMILES string of the molecule is CC(NC(=O)N1CCc2ccccc2CC1)C(=O)O. The molecule has 1 unspecified atom stereocenters. The summed E-state index contributed by atoms with van der Waals surface area (Å²) in [5, 5.41) is 11.3. The van der Waals surface area contributed by atoms with Gasteiger partial charge in [-0.3, -0.25) is 4.79 Å². The lowest BCUT2D eigenvalue weighted by atomic mass is 10.0. The van der Waals surface area contributed by atoms with E-state index in [9.17, 15) is 9.59 Å². The number of nitrogens with one attached hydrogen (secondary N) is 1. The van der Waals surface area contributed by atoms with Crippen molar-refractivity contribution in [2.45, 2.75) is 25.8 Å². The van der Waals surface area contributed by atoms with Gasteiger partial charge < -0.3 is 15.3 Å². The number of urea groups is 1. The summed E-state index contributed by atoms with van der Waals surface area (Å²) < 4.78 is 0. The molecule has 102 valence electrons. The van der Waals surface area contributed by atoms with Crippen LogP contribution in [0.4, 0.5) is 4.79 Å². The number of aliphatic carboxylic acids is 1. The molecule has 0 fully saturated rings. The summed E-state index contributed by atoms with van der Waals surface area (Å²) in [7, 11) is 0. The van der Waals surface area contributed by atoms with E-state index < -0.39 is 12.0 Å². The molecule has 0 bridgehead atoms. The van der Waals surface area contributed by atoms with Gasteiger partial charge in [0, 0.05) is 13.1 Å². The van der Waals surface area contributed by atoms with Crippen molar-refractivity contribution in [1.29, 1.82) is 0 Å². The first-order valence-corrected chi connectivity index (χ1v) is 6.43. The number of carboxylic acid groups (broad SMARTS) is 1. The predicted octanol–water partition coefficient (Wildman–Crippen LogP) is 1.27. The first-order valence-electron chi connectivity index (χ1n) is 6.43. The summed E-state index contributed by atoms with van der Waals surface area (Å²) >= 11 is 0. The third-order valence-corrected chi connectivity index (χ3v) is 3.42. The average Bonchev–Trinajstić information content (AvgIpc) is 2.60. The van der Waals surface area contributed by atoms with Gasteiger partial charge in [-0.1, -0.05) is 24.3 Å². The van der Waals surface area contributed by atoms with Crippen LogP contribution in [0.15, 0.2) is 24.3 Å². The van der Waals surface area contributed by atoms with E-state index in [0.29, 0.717) is 13.1 Å². The Morgan fingerprint density at radius 3 is 2.21 bits per heavy atom. The largest absolute Gasteiger partial charge is 0.480 e. The quantitative estimate of drug-likeness (QED) is 0.843. The number of benzene rings is 1. The molecule has 2 amide bonds. The first kappa shape index (κ1) is 13.4. The van der Waals surface area contributed by atoms with Crippen molar-refractivity contribution in [3.63, 3.8) is 0 Å². The molecule has 0 saturated carbocycles. The third kappa shape index (κ3) is 3.24. The lowest BCUT2D eigenvalue weighted by Gasteiger charge is -2.22. The number of hydrogen-bond acceptors (Lipinski definition) is 2. The van der Waals surface area contributed by atoms with E-state index >= 15 is 0 Å². The van der Waals surface area contributed by atoms with E-state index in [-0.39, 0.29) is 6.03 Å². The number of carbonyl (C=O) groups excluding carboxylic acids is 1. The van der Waals surface area contributed by atoms with Crippen LogP contribution in [0, 0.1) is 0 Å². The normalized spacial score (nSPS) is 16.2. The van der Waals surface area contributed by atoms with Gasteiger partial charge in [-0.2, -0.15) is 0 Å². The highest BCUT2D eigenvalue weighted by Gasteiger charge is 2.21. The van der Waals surface area contributed by atoms with Crippen LogP contribution in [0.5, 0.6) is 0 Å². The molecule has 1 atom stereocenters. The number of fused-ring (bicyclic) bond motifs is 1. The molecule has 19 heavy (non-hydrogen) atoms. The van der Waals surface area contributed by atoms with Crippen LogP contribution in [0.2, 0.25) is 0 Å². The molecule has 1 aromatic carbocycles. The van der Waals surface area contributed by atoms with Crippen LogP contribution < -0.4 is 5.32 Å². The number of hydrogen-bond donors (Lipinski definition) is 2. The van der Waals surface area contributed by atoms with Gasteiger partial charge >= 0.3 is 12.0 Å². The second-order valence-corrected chi connectivity index (χ2v) is 4.77. The number of carbonyl (C=O) groups is 2. The highest BCUT2D eigenvalue weighted by Crippen LogP contribution is 2.15. The molecule has 1 heterocycles. The molecule has 1 aromatic rings. The Balaban J connectivity index is 1.98. The summed E-state index contributed by atoms with van der Waals surface area (Å²) in [6.45, 7) is 2.71. The smallest absolute Gasteiger partial charge is 0.325 e. The second-order valence-electron chi connectivity index (χ2n) is 4.77. The van der Waals surface area contributed by atoms with Crippen molar-refractivity contribution >= 4 is 12.0 Å². The Morgan fingerprint density at radius 2 is 1.74 bits per heavy atom. The molecule has 2 rings (SSSR count). The van der Waals surface area contributed by atoms with Crippen molar-refractivity contribution in [2.75, 3.05) is 13.1 Å². The van der Waals surface area contributed by atoms with Crippen LogP contribution in [0.3, 0.4) is 0 Å². The standard InChI is InChI=1S/C14H18N2O3/c1-10(13(17)18)15-14(19)16-8-6-11-4-2-3-5-12(11)7-9-16/h2-5,10H,6-9H2,1H3,(H,15,19)(H,17,18). The Morgan fingerprint density at radius 1 is 1.21 bits per heavy atom. The molecule has 0 radical (unpaired) electrons. The van der Waals surface area contributed by atoms with Crippen LogP contribution in [-0.4, -0.2) is 41.1 Å². The van der Waals surface area contributed by atoms with Crippen molar-refractivity contribution in [3.8, 4) is 0 Å². The minimum atomic E-state index is -1.02. The molecular weight excluding hydrogens is 244 g/mol. The Hall–Kier alpha value is -2.04. The van der Waals surface area contributed by atoms with E-state index in [0.717, 1.165) is 12.8 Å². The topological polar surface area (TPSA) is 69.6 Å². The summed E-state index contributed by atoms with van der Waals surface area (Å²) in [5.41, 5.74) is 2.54. The fourth-order valence-electron chi connectivity index (χ4n) is 2.21. The van der Waals surface area contributed by atoms with Gasteiger partial charge in [0.2, 0.25) is 0 Å². The fraction of sp³-hybridized carbons (Fsp3) is 0.429. The summed E-state index contributed by atoms with van der Waals surface area (Å²) in [6.07, 6.45) is 1.62. The van der Waals surface area contributed by atoms with Gasteiger partial charge in [0.25, 0.3) is 0 Å². The van der Waals surface area contributed by atoms with E-state index in [1.54, 1.807) is 4.90 Å². The Bertz CT molecular complexity index is 460. The summed E-state index contributed by atoms with van der Waals surface area (Å²) in [5.74, 6) is -1.02. The lowest BCUT2D eigenvalue weighted by Crippen LogP contribution is -2.47. The molecule has 0 saturated heterocycles. The molecule has 0 spiro atoms. The molecule has 1 aliphatic heterocycles. The summed E-state index contributed by atoms with van der Waals surface area (Å²) in [6, 6.07) is 7.00. The van der Waals surface area contributed by atoms with Gasteiger partial charge in [-0.05, 0) is 30.9 Å². The maximum atomic E-state index is 12.0. The number of amides is 2. The number of nitrogens with zero attached hydrogens (tertiary/aromatic N) is 1. The van der Waals surface area contributed by atoms with Crippen molar-refractivity contribution in [3.05, 3.63) is 35.4 Å². The maximum absolute atomic E-state index is 12.0. The zero-order chi connectivity index (χ0) is 13.8. The van der Waals surface area contributed by atoms with Gasteiger partial charge in [-0.25, -0.2) is 4.79 Å². The van der Waals surface area contributed by atoms with E-state index in [1.165, 1.54) is 18.1 Å². The number of rotatable bonds is 2. The molecule has 5 nitrogen and oxygen atoms in total. The highest BCUT2D eigenvalue weighted by atomic mass is 16.4. The van der Waals surface area contributed by atoms with E-state index in [2.05, 4.69) is 17.4 Å². The Kier molecular flexibility index (Phi) is 4.04. The minimum Gasteiger partial charge on any atom is -0.480 e. The average molecular weight is 262 g/mol. The van der Waals surface area contributed by atoms with Crippen molar-refractivity contribution in [1.82, 2.24) is 10.2 Å². The van der Waals surface area contributed by atoms with E-state index in [4.69, 9.17) is 5.11 Å². The van der Waals surface area contributed by atoms with Crippen LogP contribution >= 0.6 is 0 Å². The van der Waals surface area contributed by atoms with Gasteiger partial charge in [0.05, 0.1) is 0 Å². The maximum Gasteiger partial charge on any atom is 0.325 e. The molecule has 2 N–H and O–H groups in total. The van der Waals surface area contributed by atoms with Gasteiger partial charge in [0.15, 0.2) is 0 Å². The molecular formula is C14H18N2O3.